The van der Waals surface area contributed by atoms with Gasteiger partial charge >= 0.3 is 5.97 Å². The van der Waals surface area contributed by atoms with Crippen LogP contribution >= 0.6 is 0 Å². The Morgan fingerprint density at radius 2 is 1.68 bits per heavy atom. The van der Waals surface area contributed by atoms with E-state index < -0.39 is 17.9 Å². The molecule has 204 valence electrons. The highest BCUT2D eigenvalue weighted by molar-refractivity contribution is 5.94. The van der Waals surface area contributed by atoms with Gasteiger partial charge in [-0.3, -0.25) is 19.1 Å². The molecule has 1 heterocycles. The second-order valence-corrected chi connectivity index (χ2v) is 10.5. The number of carbonyl (C=O) groups is 3. The molecule has 37 heavy (non-hydrogen) atoms. The number of aromatic nitrogens is 2. The van der Waals surface area contributed by atoms with Crippen LogP contribution in [0, 0.1) is 11.3 Å². The predicted octanol–water partition coefficient (Wildman–Crippen LogP) is 3.44. The molecule has 10 nitrogen and oxygen atoms in total. The lowest BCUT2D eigenvalue weighted by molar-refractivity contribution is -0.141. The molecule has 1 unspecified atom stereocenters. The maximum atomic E-state index is 13.3. The number of nitrogens with zero attached hydrogens (tertiary/aromatic N) is 2. The molecule has 0 saturated carbocycles. The largest absolute Gasteiger partial charge is 0.496 e. The van der Waals surface area contributed by atoms with Gasteiger partial charge < -0.3 is 24.8 Å². The van der Waals surface area contributed by atoms with E-state index in [-0.39, 0.29) is 35.9 Å². The Labute approximate surface area is 219 Å². The number of amides is 2. The quantitative estimate of drug-likeness (QED) is 0.415. The monoisotopic (exact) mass is 516 g/mol. The first-order valence-corrected chi connectivity index (χ1v) is 12.3. The lowest BCUT2D eigenvalue weighted by atomic mass is 9.96. The van der Waals surface area contributed by atoms with Gasteiger partial charge in [0, 0.05) is 19.0 Å². The molecule has 2 N–H and O–H groups in total. The number of benzene rings is 1. The number of rotatable bonds is 12. The maximum Gasteiger partial charge on any atom is 0.325 e. The molecule has 0 bridgehead atoms. The van der Waals surface area contributed by atoms with E-state index in [9.17, 15) is 14.4 Å². The first-order valence-electron chi connectivity index (χ1n) is 12.3. The molecular formula is C27H40N4O6. The summed E-state index contributed by atoms with van der Waals surface area (Å²) in [7, 11) is 4.42. The molecule has 0 fully saturated rings. The fraction of sp³-hybridized carbons (Fsp3) is 0.556. The van der Waals surface area contributed by atoms with Crippen LogP contribution in [0.15, 0.2) is 24.3 Å². The van der Waals surface area contributed by atoms with Crippen LogP contribution in [0.1, 0.15) is 57.9 Å². The summed E-state index contributed by atoms with van der Waals surface area (Å²) in [5.41, 5.74) is 1.48. The smallest absolute Gasteiger partial charge is 0.325 e. The van der Waals surface area contributed by atoms with Gasteiger partial charge in [0.2, 0.25) is 5.91 Å². The number of hydrogen-bond donors (Lipinski definition) is 2. The van der Waals surface area contributed by atoms with E-state index >= 15 is 0 Å². The number of hydrogen-bond acceptors (Lipinski definition) is 7. The number of ether oxygens (including phenoxy) is 3. The highest BCUT2D eigenvalue weighted by Crippen LogP contribution is 2.39. The van der Waals surface area contributed by atoms with E-state index in [0.29, 0.717) is 35.7 Å². The van der Waals surface area contributed by atoms with Crippen molar-refractivity contribution in [2.24, 2.45) is 11.3 Å². The fourth-order valence-corrected chi connectivity index (χ4v) is 3.96. The molecule has 0 saturated heterocycles. The molecule has 1 aromatic carbocycles. The zero-order valence-corrected chi connectivity index (χ0v) is 23.1. The van der Waals surface area contributed by atoms with E-state index in [2.05, 4.69) is 41.2 Å². The van der Waals surface area contributed by atoms with Crippen LogP contribution in [-0.4, -0.2) is 61.5 Å². The SMILES string of the molecule is COC(=O)CNC(=O)CC(CC(C)C)NC(=O)c1cc(-c2c(OC)cccc2OC)n(CC(C)(C)C)n1. The first-order chi connectivity index (χ1) is 17.4. The molecular weight excluding hydrogens is 476 g/mol. The Bertz CT molecular complexity index is 1060. The van der Waals surface area contributed by atoms with Crippen molar-refractivity contribution in [3.8, 4) is 22.8 Å². The number of methoxy groups -OCH3 is 3. The Morgan fingerprint density at radius 1 is 1.05 bits per heavy atom. The molecule has 0 aliphatic carbocycles. The zero-order chi connectivity index (χ0) is 27.8. The number of esters is 1. The van der Waals surface area contributed by atoms with Crippen LogP contribution in [0.4, 0.5) is 0 Å². The Hall–Kier alpha value is -3.56. The van der Waals surface area contributed by atoms with Crippen LogP contribution in [0.25, 0.3) is 11.3 Å². The van der Waals surface area contributed by atoms with Gasteiger partial charge in [0.05, 0.1) is 32.6 Å². The van der Waals surface area contributed by atoms with Crippen LogP contribution in [-0.2, 0) is 20.9 Å². The van der Waals surface area contributed by atoms with Gasteiger partial charge in [0.1, 0.15) is 18.0 Å². The zero-order valence-electron chi connectivity index (χ0n) is 23.1. The van der Waals surface area contributed by atoms with Gasteiger partial charge in [0.25, 0.3) is 5.91 Å². The van der Waals surface area contributed by atoms with Gasteiger partial charge in [-0.25, -0.2) is 0 Å². The molecule has 0 spiro atoms. The van der Waals surface area contributed by atoms with Gasteiger partial charge in [-0.15, -0.1) is 0 Å². The molecule has 0 aliphatic heterocycles. The van der Waals surface area contributed by atoms with Gasteiger partial charge in [-0.2, -0.15) is 5.10 Å². The van der Waals surface area contributed by atoms with Gasteiger partial charge in [-0.1, -0.05) is 40.7 Å². The summed E-state index contributed by atoms with van der Waals surface area (Å²) < 4.78 is 17.5. The normalized spacial score (nSPS) is 12.1. The third-order valence-corrected chi connectivity index (χ3v) is 5.50. The minimum Gasteiger partial charge on any atom is -0.496 e. The van der Waals surface area contributed by atoms with Crippen LogP contribution in [0.2, 0.25) is 0 Å². The van der Waals surface area contributed by atoms with Crippen LogP contribution in [0.3, 0.4) is 0 Å². The minimum atomic E-state index is -0.540. The van der Waals surface area contributed by atoms with E-state index in [1.165, 1.54) is 7.11 Å². The molecule has 0 radical (unpaired) electrons. The van der Waals surface area contributed by atoms with Crippen molar-refractivity contribution in [1.82, 2.24) is 20.4 Å². The molecule has 2 rings (SSSR count). The van der Waals surface area contributed by atoms with Crippen molar-refractivity contribution in [2.75, 3.05) is 27.9 Å². The van der Waals surface area contributed by atoms with Crippen LogP contribution < -0.4 is 20.1 Å². The van der Waals surface area contributed by atoms with E-state index in [1.807, 2.05) is 32.0 Å². The summed E-state index contributed by atoms with van der Waals surface area (Å²) in [5.74, 6) is 0.137. The maximum absolute atomic E-state index is 13.3. The van der Waals surface area contributed by atoms with E-state index in [4.69, 9.17) is 9.47 Å². The molecule has 10 heteroatoms. The standard InChI is InChI=1S/C27H40N4O6/c1-17(2)12-18(13-23(32)28-15-24(33)37-8)29-26(34)19-14-20(31(30-19)16-27(3,4)5)25-21(35-6)10-9-11-22(25)36-7/h9-11,14,17-18H,12-13,15-16H2,1-8H3,(H,28,32)(H,29,34). The molecule has 2 aromatic rings. The highest BCUT2D eigenvalue weighted by Gasteiger charge is 2.26. The molecule has 0 aliphatic rings. The summed E-state index contributed by atoms with van der Waals surface area (Å²) in [6.45, 7) is 10.6. The van der Waals surface area contributed by atoms with Crippen molar-refractivity contribution in [3.05, 3.63) is 30.0 Å². The molecule has 1 atom stereocenters. The van der Waals surface area contributed by atoms with Gasteiger partial charge in [0.15, 0.2) is 5.69 Å². The first kappa shape index (κ1) is 29.7. The summed E-state index contributed by atoms with van der Waals surface area (Å²) >= 11 is 0. The summed E-state index contributed by atoms with van der Waals surface area (Å²) in [6, 6.07) is 6.77. The number of carbonyl (C=O) groups excluding carboxylic acids is 3. The predicted molar refractivity (Wildman–Crippen MR) is 141 cm³/mol. The Balaban J connectivity index is 2.39. The fourth-order valence-electron chi connectivity index (χ4n) is 3.96. The third-order valence-electron chi connectivity index (χ3n) is 5.50. The summed E-state index contributed by atoms with van der Waals surface area (Å²) in [5, 5.41) is 10.1. The highest BCUT2D eigenvalue weighted by atomic mass is 16.5. The van der Waals surface area contributed by atoms with E-state index in [1.54, 1.807) is 25.0 Å². The van der Waals surface area contributed by atoms with Crippen molar-refractivity contribution in [3.63, 3.8) is 0 Å². The van der Waals surface area contributed by atoms with Crippen molar-refractivity contribution in [2.45, 2.75) is 60.0 Å². The second-order valence-electron chi connectivity index (χ2n) is 10.5. The second kappa shape index (κ2) is 13.1. The lowest BCUT2D eigenvalue weighted by Gasteiger charge is -2.21. The van der Waals surface area contributed by atoms with Crippen molar-refractivity contribution in [1.29, 1.82) is 0 Å². The van der Waals surface area contributed by atoms with E-state index in [0.717, 1.165) is 0 Å². The average molecular weight is 517 g/mol. The summed E-state index contributed by atoms with van der Waals surface area (Å²) in [6.07, 6.45) is 0.601. The summed E-state index contributed by atoms with van der Waals surface area (Å²) in [4.78, 5) is 37.1. The molecule has 2 amide bonds. The van der Waals surface area contributed by atoms with Crippen LogP contribution in [0.5, 0.6) is 11.5 Å². The van der Waals surface area contributed by atoms with Crippen molar-refractivity contribution >= 4 is 17.8 Å². The number of nitrogens with one attached hydrogen (secondary N) is 2. The Morgan fingerprint density at radius 3 is 2.19 bits per heavy atom. The lowest BCUT2D eigenvalue weighted by Crippen LogP contribution is -2.41. The topological polar surface area (TPSA) is 121 Å². The third kappa shape index (κ3) is 8.80. The minimum absolute atomic E-state index is 0.0246. The van der Waals surface area contributed by atoms with Gasteiger partial charge in [-0.05, 0) is 36.0 Å². The van der Waals surface area contributed by atoms with Crippen molar-refractivity contribution < 1.29 is 28.6 Å². The Kier molecular flexibility index (Phi) is 10.5. The molecule has 1 aromatic heterocycles. The average Bonchev–Trinajstić information content (AvgIpc) is 3.23.